The number of rotatable bonds is 8. The van der Waals surface area contributed by atoms with Crippen LogP contribution in [-0.4, -0.2) is 42.2 Å². The lowest BCUT2D eigenvalue weighted by molar-refractivity contribution is -0.124. The molecule has 3 aromatic carbocycles. The second-order valence-electron chi connectivity index (χ2n) is 8.48. The molecular weight excluding hydrogens is 498 g/mol. The van der Waals surface area contributed by atoms with Gasteiger partial charge in [-0.1, -0.05) is 23.7 Å². The number of halogens is 1. The van der Waals surface area contributed by atoms with Crippen molar-refractivity contribution in [2.75, 3.05) is 23.6 Å². The highest BCUT2D eigenvalue weighted by Crippen LogP contribution is 2.35. The summed E-state index contributed by atoms with van der Waals surface area (Å²) in [6, 6.07) is 17.2. The number of benzene rings is 3. The van der Waals surface area contributed by atoms with Crippen LogP contribution in [0.1, 0.15) is 18.9 Å². The van der Waals surface area contributed by atoms with E-state index in [2.05, 4.69) is 5.32 Å². The van der Waals surface area contributed by atoms with E-state index < -0.39 is 23.9 Å². The zero-order valence-corrected chi connectivity index (χ0v) is 20.7. The minimum absolute atomic E-state index is 0.100. The third kappa shape index (κ3) is 5.17. The fourth-order valence-corrected chi connectivity index (χ4v) is 4.42. The maximum atomic E-state index is 13.5. The van der Waals surface area contributed by atoms with Gasteiger partial charge in [-0.15, -0.1) is 0 Å². The van der Waals surface area contributed by atoms with Crippen LogP contribution in [0.4, 0.5) is 16.2 Å². The Morgan fingerprint density at radius 2 is 1.84 bits per heavy atom. The maximum absolute atomic E-state index is 13.5. The summed E-state index contributed by atoms with van der Waals surface area (Å²) in [6.07, 6.45) is -0.224. The molecule has 3 aromatic rings. The van der Waals surface area contributed by atoms with E-state index in [9.17, 15) is 14.4 Å². The van der Waals surface area contributed by atoms with Crippen molar-refractivity contribution in [1.82, 2.24) is 4.90 Å². The van der Waals surface area contributed by atoms with Gasteiger partial charge in [-0.2, -0.15) is 0 Å². The molecule has 2 aliphatic heterocycles. The molecule has 37 heavy (non-hydrogen) atoms. The van der Waals surface area contributed by atoms with E-state index in [1.54, 1.807) is 66.7 Å². The number of imide groups is 1. The quantitative estimate of drug-likeness (QED) is 0.426. The molecule has 2 heterocycles. The molecule has 190 valence electrons. The highest BCUT2D eigenvalue weighted by molar-refractivity contribution is 6.30. The van der Waals surface area contributed by atoms with Crippen LogP contribution in [0.2, 0.25) is 5.02 Å². The molecular formula is C27H24ClN3O6. The van der Waals surface area contributed by atoms with Gasteiger partial charge in [0, 0.05) is 23.3 Å². The molecule has 1 unspecified atom stereocenters. The summed E-state index contributed by atoms with van der Waals surface area (Å²) in [5, 5.41) is 3.28. The Labute approximate surface area is 218 Å². The first-order chi connectivity index (χ1) is 17.9. The molecule has 1 N–H and O–H groups in total. The number of hydrogen-bond acceptors (Lipinski definition) is 6. The van der Waals surface area contributed by atoms with Gasteiger partial charge < -0.3 is 24.4 Å². The SMILES string of the molecule is CCOc1cccc(NC(=O)CC2C(=O)N(c3ccc(Cl)cc3)C(=O)N2Cc2ccc3c(c2)OCO3)c1. The minimum Gasteiger partial charge on any atom is -0.494 e. The number of carbonyl (C=O) groups excluding carboxylic acids is 3. The number of hydrogen-bond donors (Lipinski definition) is 1. The summed E-state index contributed by atoms with van der Waals surface area (Å²) in [6.45, 7) is 2.58. The van der Waals surface area contributed by atoms with Gasteiger partial charge in [0.25, 0.3) is 5.91 Å². The van der Waals surface area contributed by atoms with Crippen molar-refractivity contribution in [2.24, 2.45) is 0 Å². The predicted octanol–water partition coefficient (Wildman–Crippen LogP) is 4.83. The van der Waals surface area contributed by atoms with Crippen LogP contribution in [0, 0.1) is 0 Å². The molecule has 0 spiro atoms. The Morgan fingerprint density at radius 1 is 1.05 bits per heavy atom. The Balaban J connectivity index is 1.39. The second kappa shape index (κ2) is 10.4. The number of nitrogens with one attached hydrogen (secondary N) is 1. The Hall–Kier alpha value is -4.24. The number of nitrogens with zero attached hydrogens (tertiary/aromatic N) is 2. The molecule has 5 rings (SSSR count). The smallest absolute Gasteiger partial charge is 0.332 e. The van der Waals surface area contributed by atoms with Crippen LogP contribution in [0.3, 0.4) is 0 Å². The molecule has 0 radical (unpaired) electrons. The normalized spacial score (nSPS) is 16.3. The Morgan fingerprint density at radius 3 is 2.62 bits per heavy atom. The molecule has 0 aliphatic carbocycles. The van der Waals surface area contributed by atoms with E-state index in [0.717, 1.165) is 10.5 Å². The van der Waals surface area contributed by atoms with Crippen molar-refractivity contribution in [3.05, 3.63) is 77.3 Å². The zero-order chi connectivity index (χ0) is 25.9. The number of amides is 4. The molecule has 1 fully saturated rings. The predicted molar refractivity (Wildman–Crippen MR) is 137 cm³/mol. The highest BCUT2D eigenvalue weighted by atomic mass is 35.5. The number of carbonyl (C=O) groups is 3. The largest absolute Gasteiger partial charge is 0.494 e. The number of urea groups is 1. The standard InChI is InChI=1S/C27H24ClN3O6/c1-2-35-21-5-3-4-19(13-21)29-25(32)14-22-26(33)31(20-9-7-18(28)8-10-20)27(34)30(22)15-17-6-11-23-24(12-17)37-16-36-23/h3-13,22H,2,14-16H2,1H3,(H,29,32). The van der Waals surface area contributed by atoms with Crippen molar-refractivity contribution in [2.45, 2.75) is 25.9 Å². The summed E-state index contributed by atoms with van der Waals surface area (Å²) in [5.41, 5.74) is 1.64. The zero-order valence-electron chi connectivity index (χ0n) is 20.0. The first-order valence-corrected chi connectivity index (χ1v) is 12.1. The number of anilines is 2. The van der Waals surface area contributed by atoms with Gasteiger partial charge in [0.2, 0.25) is 12.7 Å². The molecule has 2 aliphatic rings. The van der Waals surface area contributed by atoms with Gasteiger partial charge in [0.1, 0.15) is 11.8 Å². The average Bonchev–Trinajstić information content (AvgIpc) is 3.43. The third-order valence-electron chi connectivity index (χ3n) is 6.00. The van der Waals surface area contributed by atoms with E-state index in [1.807, 2.05) is 6.92 Å². The fourth-order valence-electron chi connectivity index (χ4n) is 4.30. The van der Waals surface area contributed by atoms with Crippen molar-refractivity contribution in [3.8, 4) is 17.2 Å². The minimum atomic E-state index is -1.01. The molecule has 4 amide bonds. The molecule has 1 saturated heterocycles. The first kappa shape index (κ1) is 24.5. The topological polar surface area (TPSA) is 97.4 Å². The molecule has 0 aromatic heterocycles. The van der Waals surface area contributed by atoms with E-state index in [4.69, 9.17) is 25.8 Å². The van der Waals surface area contributed by atoms with Crippen molar-refractivity contribution in [1.29, 1.82) is 0 Å². The summed E-state index contributed by atoms with van der Waals surface area (Å²) in [4.78, 5) is 42.5. The van der Waals surface area contributed by atoms with Crippen LogP contribution in [-0.2, 0) is 16.1 Å². The number of fused-ring (bicyclic) bond motifs is 1. The Kier molecular flexibility index (Phi) is 6.87. The van der Waals surface area contributed by atoms with Gasteiger partial charge in [0.05, 0.1) is 18.7 Å². The Bertz CT molecular complexity index is 1350. The van der Waals surface area contributed by atoms with Crippen molar-refractivity contribution < 1.29 is 28.6 Å². The average molecular weight is 522 g/mol. The van der Waals surface area contributed by atoms with Gasteiger partial charge in [0.15, 0.2) is 11.5 Å². The lowest BCUT2D eigenvalue weighted by atomic mass is 10.1. The van der Waals surface area contributed by atoms with E-state index in [-0.39, 0.29) is 19.8 Å². The maximum Gasteiger partial charge on any atom is 0.332 e. The molecule has 0 bridgehead atoms. The van der Waals surface area contributed by atoms with Gasteiger partial charge in [-0.3, -0.25) is 9.59 Å². The number of ether oxygens (including phenoxy) is 3. The van der Waals surface area contributed by atoms with Gasteiger partial charge in [-0.05, 0) is 61.0 Å². The summed E-state index contributed by atoms with van der Waals surface area (Å²) >= 11 is 6.00. The summed E-state index contributed by atoms with van der Waals surface area (Å²) < 4.78 is 16.3. The van der Waals surface area contributed by atoms with Crippen molar-refractivity contribution in [3.63, 3.8) is 0 Å². The highest BCUT2D eigenvalue weighted by Gasteiger charge is 2.46. The summed E-state index contributed by atoms with van der Waals surface area (Å²) in [5.74, 6) is 0.888. The van der Waals surface area contributed by atoms with Gasteiger partial charge in [-0.25, -0.2) is 9.69 Å². The van der Waals surface area contributed by atoms with Crippen molar-refractivity contribution >= 4 is 40.8 Å². The first-order valence-electron chi connectivity index (χ1n) is 11.7. The van der Waals surface area contributed by atoms with Crippen LogP contribution >= 0.6 is 11.6 Å². The van der Waals surface area contributed by atoms with E-state index in [1.165, 1.54) is 4.90 Å². The van der Waals surface area contributed by atoms with E-state index >= 15 is 0 Å². The lowest BCUT2D eigenvalue weighted by Gasteiger charge is -2.22. The van der Waals surface area contributed by atoms with E-state index in [0.29, 0.717) is 40.3 Å². The third-order valence-corrected chi connectivity index (χ3v) is 6.25. The van der Waals surface area contributed by atoms with Crippen LogP contribution in [0.5, 0.6) is 17.2 Å². The molecule has 9 nitrogen and oxygen atoms in total. The lowest BCUT2D eigenvalue weighted by Crippen LogP contribution is -2.37. The fraction of sp³-hybridized carbons (Fsp3) is 0.222. The van der Waals surface area contributed by atoms with Crippen LogP contribution in [0.25, 0.3) is 0 Å². The van der Waals surface area contributed by atoms with Crippen LogP contribution < -0.4 is 24.4 Å². The van der Waals surface area contributed by atoms with Gasteiger partial charge >= 0.3 is 6.03 Å². The second-order valence-corrected chi connectivity index (χ2v) is 8.91. The summed E-state index contributed by atoms with van der Waals surface area (Å²) in [7, 11) is 0. The van der Waals surface area contributed by atoms with Crippen LogP contribution in [0.15, 0.2) is 66.7 Å². The molecule has 10 heteroatoms. The molecule has 1 atom stereocenters. The molecule has 0 saturated carbocycles. The monoisotopic (exact) mass is 521 g/mol.